The van der Waals surface area contributed by atoms with Crippen molar-refractivity contribution in [3.8, 4) is 5.75 Å². The zero-order valence-electron chi connectivity index (χ0n) is 17.8. The van der Waals surface area contributed by atoms with Crippen LogP contribution in [0.1, 0.15) is 43.9 Å². The van der Waals surface area contributed by atoms with Gasteiger partial charge in [0.25, 0.3) is 0 Å². The number of likely N-dealkylation sites (tertiary alicyclic amines) is 2. The number of phenols is 1. The predicted octanol–water partition coefficient (Wildman–Crippen LogP) is 3.44. The summed E-state index contributed by atoms with van der Waals surface area (Å²) in [6.07, 6.45) is 1.34. The molecule has 0 aromatic heterocycles. The maximum Gasteiger partial charge on any atom is 0.163 e. The van der Waals surface area contributed by atoms with E-state index < -0.39 is 6.35 Å². The van der Waals surface area contributed by atoms with Crippen LogP contribution >= 0.6 is 0 Å². The highest BCUT2D eigenvalue weighted by Crippen LogP contribution is 2.55. The van der Waals surface area contributed by atoms with Crippen LogP contribution < -0.4 is 5.32 Å². The van der Waals surface area contributed by atoms with Gasteiger partial charge in [-0.25, -0.2) is 4.39 Å². The number of benzene rings is 2. The first-order valence-electron chi connectivity index (χ1n) is 10.8. The molecule has 6 heteroatoms. The van der Waals surface area contributed by atoms with Crippen molar-refractivity contribution in [1.82, 2.24) is 15.1 Å². The number of rotatable bonds is 6. The molecule has 2 fully saturated rings. The summed E-state index contributed by atoms with van der Waals surface area (Å²) in [7, 11) is 0. The van der Waals surface area contributed by atoms with E-state index in [1.165, 1.54) is 17.7 Å². The molecule has 0 aliphatic carbocycles. The van der Waals surface area contributed by atoms with Crippen molar-refractivity contribution in [2.24, 2.45) is 5.41 Å². The summed E-state index contributed by atoms with van der Waals surface area (Å²) < 4.78 is 13.0. The molecule has 5 nitrogen and oxygen atoms in total. The van der Waals surface area contributed by atoms with E-state index in [9.17, 15) is 14.6 Å². The van der Waals surface area contributed by atoms with Crippen molar-refractivity contribution in [2.45, 2.75) is 51.7 Å². The molecule has 1 spiro atoms. The normalized spacial score (nSPS) is 22.9. The van der Waals surface area contributed by atoms with E-state index in [-0.39, 0.29) is 11.2 Å². The summed E-state index contributed by atoms with van der Waals surface area (Å²) in [5.41, 5.74) is 2.42. The van der Waals surface area contributed by atoms with Crippen molar-refractivity contribution in [1.29, 1.82) is 0 Å². The molecule has 2 heterocycles. The number of hydrogen-bond acceptors (Lipinski definition) is 5. The zero-order valence-corrected chi connectivity index (χ0v) is 17.8. The van der Waals surface area contributed by atoms with E-state index in [1.54, 1.807) is 24.3 Å². The van der Waals surface area contributed by atoms with Gasteiger partial charge in [-0.1, -0.05) is 24.3 Å². The van der Waals surface area contributed by atoms with Crippen LogP contribution in [-0.4, -0.2) is 52.0 Å². The quantitative estimate of drug-likeness (QED) is 0.634. The molecule has 3 N–H and O–H groups in total. The molecular weight excluding hydrogens is 381 g/mol. The summed E-state index contributed by atoms with van der Waals surface area (Å²) in [5, 5.41) is 23.4. The van der Waals surface area contributed by atoms with Gasteiger partial charge in [-0.15, -0.1) is 0 Å². The molecule has 4 rings (SSSR count). The number of nitrogens with one attached hydrogen (secondary N) is 1. The lowest BCUT2D eigenvalue weighted by Crippen LogP contribution is -2.65. The molecular formula is C24H32FN3O2. The van der Waals surface area contributed by atoms with E-state index in [1.807, 2.05) is 12.1 Å². The van der Waals surface area contributed by atoms with Crippen molar-refractivity contribution < 1.29 is 14.6 Å². The summed E-state index contributed by atoms with van der Waals surface area (Å²) in [4.78, 5) is 4.62. The largest absolute Gasteiger partial charge is 0.508 e. The van der Waals surface area contributed by atoms with Gasteiger partial charge in [0, 0.05) is 43.7 Å². The number of hydrogen-bond donors (Lipinski definition) is 3. The third-order valence-electron chi connectivity index (χ3n) is 6.82. The second-order valence-corrected chi connectivity index (χ2v) is 9.04. The van der Waals surface area contributed by atoms with Gasteiger partial charge in [-0.05, 0) is 62.1 Å². The SMILES string of the molecule is CC(C)N1CC2(CCN(C(O)NCc3ccc(F)cc3)CC2)C1c1ccc(O)cc1. The second kappa shape index (κ2) is 8.63. The van der Waals surface area contributed by atoms with Gasteiger partial charge in [-0.3, -0.25) is 15.1 Å². The summed E-state index contributed by atoms with van der Waals surface area (Å²) in [5.74, 6) is 0.0492. The Balaban J connectivity index is 1.37. The van der Waals surface area contributed by atoms with Gasteiger partial charge in [-0.2, -0.15) is 0 Å². The average molecular weight is 414 g/mol. The molecule has 0 radical (unpaired) electrons. The van der Waals surface area contributed by atoms with E-state index in [2.05, 4.69) is 29.0 Å². The number of aliphatic hydroxyl groups is 1. The minimum atomic E-state index is -0.708. The zero-order chi connectivity index (χ0) is 21.3. The van der Waals surface area contributed by atoms with E-state index in [0.29, 0.717) is 24.4 Å². The summed E-state index contributed by atoms with van der Waals surface area (Å²) >= 11 is 0. The Labute approximate surface area is 178 Å². The monoisotopic (exact) mass is 413 g/mol. The van der Waals surface area contributed by atoms with Crippen LogP contribution in [0.5, 0.6) is 5.75 Å². The molecule has 162 valence electrons. The fourth-order valence-electron chi connectivity index (χ4n) is 5.05. The number of piperidine rings is 1. The Morgan fingerprint density at radius 2 is 1.70 bits per heavy atom. The predicted molar refractivity (Wildman–Crippen MR) is 115 cm³/mol. The Bertz CT molecular complexity index is 833. The lowest BCUT2D eigenvalue weighted by Gasteiger charge is -2.62. The van der Waals surface area contributed by atoms with Crippen LogP contribution in [0.25, 0.3) is 0 Å². The fourth-order valence-corrected chi connectivity index (χ4v) is 5.05. The first kappa shape index (κ1) is 21.2. The maximum absolute atomic E-state index is 13.0. The van der Waals surface area contributed by atoms with Crippen LogP contribution in [0.3, 0.4) is 0 Å². The van der Waals surface area contributed by atoms with Crippen molar-refractivity contribution >= 4 is 0 Å². The lowest BCUT2D eigenvalue weighted by atomic mass is 9.62. The first-order chi connectivity index (χ1) is 14.4. The van der Waals surface area contributed by atoms with Crippen LogP contribution in [0, 0.1) is 11.2 Å². The fraction of sp³-hybridized carbons (Fsp3) is 0.500. The van der Waals surface area contributed by atoms with Gasteiger partial charge in [0.05, 0.1) is 0 Å². The van der Waals surface area contributed by atoms with Crippen molar-refractivity contribution in [2.75, 3.05) is 19.6 Å². The Morgan fingerprint density at radius 1 is 1.07 bits per heavy atom. The highest BCUT2D eigenvalue weighted by atomic mass is 19.1. The second-order valence-electron chi connectivity index (χ2n) is 9.04. The van der Waals surface area contributed by atoms with Crippen molar-refractivity contribution in [3.63, 3.8) is 0 Å². The van der Waals surface area contributed by atoms with Crippen LogP contribution in [-0.2, 0) is 6.54 Å². The van der Waals surface area contributed by atoms with Gasteiger partial charge in [0.2, 0.25) is 0 Å². The van der Waals surface area contributed by atoms with Gasteiger partial charge >= 0.3 is 0 Å². The Hall–Kier alpha value is -1.99. The molecule has 0 amide bonds. The average Bonchev–Trinajstić information content (AvgIpc) is 2.73. The van der Waals surface area contributed by atoms with Gasteiger partial charge in [0.1, 0.15) is 11.6 Å². The molecule has 2 aliphatic rings. The minimum absolute atomic E-state index is 0.217. The number of phenolic OH excluding ortho intramolecular Hbond substituents is 1. The van der Waals surface area contributed by atoms with Crippen LogP contribution in [0.2, 0.25) is 0 Å². The highest BCUT2D eigenvalue weighted by molar-refractivity contribution is 5.32. The molecule has 2 unspecified atom stereocenters. The van der Waals surface area contributed by atoms with Crippen LogP contribution in [0.15, 0.2) is 48.5 Å². The van der Waals surface area contributed by atoms with E-state index >= 15 is 0 Å². The number of aromatic hydroxyl groups is 1. The number of nitrogens with zero attached hydrogens (tertiary/aromatic N) is 2. The third-order valence-corrected chi connectivity index (χ3v) is 6.82. The summed E-state index contributed by atoms with van der Waals surface area (Å²) in [6, 6.07) is 14.8. The molecule has 2 aromatic rings. The minimum Gasteiger partial charge on any atom is -0.508 e. The third kappa shape index (κ3) is 4.23. The summed E-state index contributed by atoms with van der Waals surface area (Å²) in [6.45, 7) is 7.71. The maximum atomic E-state index is 13.0. The van der Waals surface area contributed by atoms with Gasteiger partial charge < -0.3 is 10.2 Å². The Kier molecular flexibility index (Phi) is 6.11. The molecule has 0 saturated carbocycles. The highest BCUT2D eigenvalue weighted by Gasteiger charge is 2.54. The topological polar surface area (TPSA) is 59.0 Å². The Morgan fingerprint density at radius 3 is 2.30 bits per heavy atom. The molecule has 2 atom stereocenters. The van der Waals surface area contributed by atoms with E-state index in [0.717, 1.165) is 38.0 Å². The molecule has 2 saturated heterocycles. The van der Waals surface area contributed by atoms with Gasteiger partial charge in [0.15, 0.2) is 6.35 Å². The molecule has 30 heavy (non-hydrogen) atoms. The number of aliphatic hydroxyl groups excluding tert-OH is 1. The van der Waals surface area contributed by atoms with Crippen LogP contribution in [0.4, 0.5) is 4.39 Å². The number of halogens is 1. The standard InChI is InChI=1S/C24H32FN3O2/c1-17(2)28-16-24(22(28)19-5-9-21(29)10-6-19)11-13-27(14-12-24)23(30)26-15-18-3-7-20(25)8-4-18/h3-10,17,22-23,26,29-30H,11-16H2,1-2H3. The van der Waals surface area contributed by atoms with E-state index in [4.69, 9.17) is 0 Å². The first-order valence-corrected chi connectivity index (χ1v) is 10.8. The van der Waals surface area contributed by atoms with Crippen molar-refractivity contribution in [3.05, 3.63) is 65.5 Å². The molecule has 0 bridgehead atoms. The smallest absolute Gasteiger partial charge is 0.163 e. The molecule has 2 aromatic carbocycles. The molecule has 2 aliphatic heterocycles. The lowest BCUT2D eigenvalue weighted by molar-refractivity contribution is -0.147.